The van der Waals surface area contributed by atoms with E-state index in [9.17, 15) is 9.59 Å². The summed E-state index contributed by atoms with van der Waals surface area (Å²) < 4.78 is 0. The zero-order chi connectivity index (χ0) is 14.3. The highest BCUT2D eigenvalue weighted by Gasteiger charge is 1.89. The number of aliphatic carboxylic acids is 1. The van der Waals surface area contributed by atoms with Gasteiger partial charge in [0.25, 0.3) is 0 Å². The van der Waals surface area contributed by atoms with Crippen LogP contribution < -0.4 is 0 Å². The smallest absolute Gasteiger partial charge is 0.303 e. The van der Waals surface area contributed by atoms with Gasteiger partial charge < -0.3 is 14.8 Å². The summed E-state index contributed by atoms with van der Waals surface area (Å²) in [6.45, 7) is 15.0. The van der Waals surface area contributed by atoms with Crippen molar-refractivity contribution in [3.63, 3.8) is 0 Å². The van der Waals surface area contributed by atoms with Gasteiger partial charge in [-0.15, -0.1) is 0 Å². The molecular formula is C13H29NO3. The Morgan fingerprint density at radius 1 is 0.941 bits per heavy atom. The average molecular weight is 247 g/mol. The van der Waals surface area contributed by atoms with Crippen LogP contribution in [0.4, 0.5) is 0 Å². The second kappa shape index (κ2) is 17.5. The molecule has 0 spiro atoms. The highest BCUT2D eigenvalue weighted by molar-refractivity contribution is 5.72. The minimum Gasteiger partial charge on any atom is -0.481 e. The molecule has 1 N–H and O–H groups in total. The van der Waals surface area contributed by atoms with Crippen molar-refractivity contribution in [2.75, 3.05) is 19.6 Å². The quantitative estimate of drug-likeness (QED) is 0.811. The van der Waals surface area contributed by atoms with Crippen molar-refractivity contribution >= 4 is 11.8 Å². The number of carbonyl (C=O) groups excluding carboxylic acids is 1. The zero-order valence-electron chi connectivity index (χ0n) is 12.2. The maximum atomic E-state index is 9.60. The van der Waals surface area contributed by atoms with Crippen molar-refractivity contribution in [3.05, 3.63) is 0 Å². The summed E-state index contributed by atoms with van der Waals surface area (Å²) in [5, 5.41) is 7.91. The fraction of sp³-hybridized carbons (Fsp3) is 0.846. The summed E-state index contributed by atoms with van der Waals surface area (Å²) in [4.78, 5) is 21.4. The van der Waals surface area contributed by atoms with E-state index in [0.717, 1.165) is 6.42 Å². The molecule has 0 unspecified atom stereocenters. The summed E-state index contributed by atoms with van der Waals surface area (Å²) >= 11 is 0. The number of ketones is 1. The van der Waals surface area contributed by atoms with Gasteiger partial charge in [-0.3, -0.25) is 4.79 Å². The maximum Gasteiger partial charge on any atom is 0.303 e. The first-order valence-electron chi connectivity index (χ1n) is 6.26. The highest BCUT2D eigenvalue weighted by Crippen LogP contribution is 1.82. The molecule has 0 bridgehead atoms. The number of hydrogen-bond donors (Lipinski definition) is 1. The highest BCUT2D eigenvalue weighted by atomic mass is 16.4. The van der Waals surface area contributed by atoms with Gasteiger partial charge in [0.2, 0.25) is 0 Å². The Morgan fingerprint density at radius 2 is 1.24 bits per heavy atom. The number of hydrogen-bond acceptors (Lipinski definition) is 3. The standard InChI is InChI=1S/C6H15N.C4H8O2.C3H6O/c1-4-7(5-2)6-3;1-2-3-4(5)6;1-3(2)4/h4-6H2,1-3H3;2-3H2,1H3,(H,5,6);1-2H3. The molecule has 0 atom stereocenters. The molecule has 0 amide bonds. The number of carboxylic acid groups (broad SMARTS) is 1. The molecule has 104 valence electrons. The van der Waals surface area contributed by atoms with E-state index in [4.69, 9.17) is 5.11 Å². The van der Waals surface area contributed by atoms with Crippen molar-refractivity contribution < 1.29 is 14.7 Å². The lowest BCUT2D eigenvalue weighted by Gasteiger charge is -2.13. The van der Waals surface area contributed by atoms with Crippen LogP contribution in [0, 0.1) is 0 Å². The number of carbonyl (C=O) groups is 2. The first-order valence-corrected chi connectivity index (χ1v) is 6.26. The molecule has 0 rings (SSSR count). The fourth-order valence-corrected chi connectivity index (χ4v) is 0.885. The largest absolute Gasteiger partial charge is 0.481 e. The first kappa shape index (κ1) is 21.4. The molecule has 0 aromatic heterocycles. The van der Waals surface area contributed by atoms with E-state index >= 15 is 0 Å². The van der Waals surface area contributed by atoms with Crippen LogP contribution in [0.1, 0.15) is 54.4 Å². The predicted octanol–water partition coefficient (Wildman–Crippen LogP) is 2.81. The lowest BCUT2D eigenvalue weighted by Crippen LogP contribution is -2.21. The van der Waals surface area contributed by atoms with E-state index in [1.165, 1.54) is 33.5 Å². The molecule has 0 fully saturated rings. The van der Waals surface area contributed by atoms with Crippen molar-refractivity contribution in [3.8, 4) is 0 Å². The normalized spacial score (nSPS) is 8.65. The Hall–Kier alpha value is -0.900. The SMILES string of the molecule is CC(C)=O.CCCC(=O)O.CCN(CC)CC. The molecular weight excluding hydrogens is 218 g/mol. The Morgan fingerprint density at radius 3 is 1.24 bits per heavy atom. The van der Waals surface area contributed by atoms with Crippen molar-refractivity contribution in [2.24, 2.45) is 0 Å². The number of Topliss-reactive ketones (excluding diaryl/α,β-unsaturated/α-hetero) is 1. The molecule has 17 heavy (non-hydrogen) atoms. The van der Waals surface area contributed by atoms with Gasteiger partial charge in [0.15, 0.2) is 0 Å². The summed E-state index contributed by atoms with van der Waals surface area (Å²) in [7, 11) is 0. The second-order valence-corrected chi connectivity index (χ2v) is 3.67. The number of nitrogens with zero attached hydrogens (tertiary/aromatic N) is 1. The molecule has 0 aromatic carbocycles. The summed E-state index contributed by atoms with van der Waals surface area (Å²) in [5.41, 5.74) is 0. The monoisotopic (exact) mass is 247 g/mol. The molecule has 4 heteroatoms. The van der Waals surface area contributed by atoms with Gasteiger partial charge in [0, 0.05) is 6.42 Å². The summed E-state index contributed by atoms with van der Waals surface area (Å²) in [6, 6.07) is 0. The molecule has 0 aromatic rings. The van der Waals surface area contributed by atoms with Crippen LogP contribution in [0.3, 0.4) is 0 Å². The van der Waals surface area contributed by atoms with Crippen molar-refractivity contribution in [1.29, 1.82) is 0 Å². The van der Waals surface area contributed by atoms with Gasteiger partial charge in [-0.05, 0) is 39.9 Å². The van der Waals surface area contributed by atoms with E-state index in [0.29, 0.717) is 6.42 Å². The minimum absolute atomic E-state index is 0.167. The minimum atomic E-state index is -0.711. The topological polar surface area (TPSA) is 57.6 Å². The molecule has 0 aliphatic carbocycles. The van der Waals surface area contributed by atoms with Gasteiger partial charge in [0.1, 0.15) is 5.78 Å². The van der Waals surface area contributed by atoms with Gasteiger partial charge in [0.05, 0.1) is 0 Å². The maximum absolute atomic E-state index is 9.60. The van der Waals surface area contributed by atoms with Gasteiger partial charge in [-0.2, -0.15) is 0 Å². The van der Waals surface area contributed by atoms with Crippen LogP contribution in [-0.2, 0) is 9.59 Å². The van der Waals surface area contributed by atoms with E-state index in [1.54, 1.807) is 0 Å². The van der Waals surface area contributed by atoms with E-state index < -0.39 is 5.97 Å². The second-order valence-electron chi connectivity index (χ2n) is 3.67. The summed E-state index contributed by atoms with van der Waals surface area (Å²) in [5.74, 6) is -0.544. The van der Waals surface area contributed by atoms with Gasteiger partial charge in [-0.25, -0.2) is 0 Å². The van der Waals surface area contributed by atoms with E-state index in [-0.39, 0.29) is 5.78 Å². The lowest BCUT2D eigenvalue weighted by atomic mass is 10.4. The average Bonchev–Trinajstić information content (AvgIpc) is 2.20. The Labute approximate surface area is 106 Å². The third-order valence-electron chi connectivity index (χ3n) is 1.81. The predicted molar refractivity (Wildman–Crippen MR) is 72.4 cm³/mol. The Bertz CT molecular complexity index is 168. The third kappa shape index (κ3) is 39.5. The van der Waals surface area contributed by atoms with Crippen molar-refractivity contribution in [1.82, 2.24) is 4.90 Å². The number of rotatable bonds is 5. The molecule has 0 saturated heterocycles. The van der Waals surface area contributed by atoms with Crippen LogP contribution in [0.15, 0.2) is 0 Å². The Kier molecular flexibility index (Phi) is 22.0. The summed E-state index contributed by atoms with van der Waals surface area (Å²) in [6.07, 6.45) is 1.02. The molecule has 4 nitrogen and oxygen atoms in total. The van der Waals surface area contributed by atoms with E-state index in [1.807, 2.05) is 6.92 Å². The molecule has 0 heterocycles. The lowest BCUT2D eigenvalue weighted by molar-refractivity contribution is -0.137. The van der Waals surface area contributed by atoms with Gasteiger partial charge in [-0.1, -0.05) is 27.7 Å². The van der Waals surface area contributed by atoms with Crippen LogP contribution in [0.5, 0.6) is 0 Å². The van der Waals surface area contributed by atoms with Crippen LogP contribution in [0.25, 0.3) is 0 Å². The Balaban J connectivity index is -0.000000180. The van der Waals surface area contributed by atoms with Crippen LogP contribution in [0.2, 0.25) is 0 Å². The molecule has 0 saturated carbocycles. The van der Waals surface area contributed by atoms with Crippen LogP contribution in [-0.4, -0.2) is 41.4 Å². The van der Waals surface area contributed by atoms with Gasteiger partial charge >= 0.3 is 5.97 Å². The van der Waals surface area contributed by atoms with Crippen LogP contribution >= 0.6 is 0 Å². The molecule has 0 aliphatic rings. The molecule has 0 aliphatic heterocycles. The zero-order valence-corrected chi connectivity index (χ0v) is 12.2. The third-order valence-corrected chi connectivity index (χ3v) is 1.81. The molecule has 0 radical (unpaired) electrons. The fourth-order valence-electron chi connectivity index (χ4n) is 0.885. The first-order chi connectivity index (χ1) is 7.85. The van der Waals surface area contributed by atoms with Crippen molar-refractivity contribution in [2.45, 2.75) is 54.4 Å². The number of carboxylic acids is 1. The van der Waals surface area contributed by atoms with E-state index in [2.05, 4.69) is 25.7 Å².